The summed E-state index contributed by atoms with van der Waals surface area (Å²) < 4.78 is 0. The third-order valence-electron chi connectivity index (χ3n) is 1.72. The van der Waals surface area contributed by atoms with Crippen molar-refractivity contribution in [2.24, 2.45) is 0 Å². The fourth-order valence-corrected chi connectivity index (χ4v) is 0.582. The molecular formula is C8H17ClN2. The molecule has 0 heterocycles. The first-order valence-corrected chi connectivity index (χ1v) is 3.74. The molecule has 66 valence electrons. The molecule has 0 spiro atoms. The number of nitrogens with one attached hydrogen (secondary N) is 1. The fourth-order valence-electron chi connectivity index (χ4n) is 0.582. The maximum absolute atomic E-state index is 8.25. The van der Waals surface area contributed by atoms with Gasteiger partial charge in [-0.3, -0.25) is 0 Å². The zero-order valence-corrected chi connectivity index (χ0v) is 8.29. The summed E-state index contributed by atoms with van der Waals surface area (Å²) >= 11 is 0. The largest absolute Gasteiger partial charge is 0.311 e. The van der Waals surface area contributed by atoms with E-state index in [9.17, 15) is 0 Å². The molecule has 11 heavy (non-hydrogen) atoms. The van der Waals surface area contributed by atoms with Crippen LogP contribution in [0.2, 0.25) is 0 Å². The first kappa shape index (κ1) is 13.3. The van der Waals surface area contributed by atoms with Crippen LogP contribution >= 0.6 is 12.4 Å². The second-order valence-corrected chi connectivity index (χ2v) is 3.07. The Morgan fingerprint density at radius 1 is 1.45 bits per heavy atom. The molecule has 1 N–H and O–H groups in total. The van der Waals surface area contributed by atoms with Crippen molar-refractivity contribution < 1.29 is 0 Å². The maximum atomic E-state index is 8.25. The summed E-state index contributed by atoms with van der Waals surface area (Å²) in [4.78, 5) is 0. The lowest BCUT2D eigenvalue weighted by atomic mass is 10.0. The number of nitrogens with zero attached hydrogens (tertiary/aromatic N) is 1. The summed E-state index contributed by atoms with van der Waals surface area (Å²) in [6.45, 7) is 7.23. The quantitative estimate of drug-likeness (QED) is 0.666. The SMILES string of the molecule is CCC(C)(C)NCCC#N.Cl. The predicted molar refractivity (Wildman–Crippen MR) is 49.9 cm³/mol. The van der Waals surface area contributed by atoms with Crippen LogP contribution in [0.5, 0.6) is 0 Å². The van der Waals surface area contributed by atoms with E-state index in [-0.39, 0.29) is 17.9 Å². The Morgan fingerprint density at radius 2 is 2.00 bits per heavy atom. The molecule has 0 radical (unpaired) electrons. The number of hydrogen-bond acceptors (Lipinski definition) is 2. The van der Waals surface area contributed by atoms with Gasteiger partial charge in [-0.1, -0.05) is 6.92 Å². The second-order valence-electron chi connectivity index (χ2n) is 3.07. The average molecular weight is 177 g/mol. The monoisotopic (exact) mass is 176 g/mol. The van der Waals surface area contributed by atoms with Crippen molar-refractivity contribution in [1.82, 2.24) is 5.32 Å². The van der Waals surface area contributed by atoms with Crippen LogP contribution < -0.4 is 5.32 Å². The molecule has 0 fully saturated rings. The molecule has 0 rings (SSSR count). The number of halogens is 1. The highest BCUT2D eigenvalue weighted by molar-refractivity contribution is 5.85. The van der Waals surface area contributed by atoms with Gasteiger partial charge in [-0.25, -0.2) is 0 Å². The van der Waals surface area contributed by atoms with E-state index < -0.39 is 0 Å². The van der Waals surface area contributed by atoms with Gasteiger partial charge in [-0.15, -0.1) is 12.4 Å². The van der Waals surface area contributed by atoms with E-state index in [0.29, 0.717) is 6.42 Å². The van der Waals surface area contributed by atoms with Crippen LogP contribution in [0.15, 0.2) is 0 Å². The van der Waals surface area contributed by atoms with Crippen molar-refractivity contribution in [1.29, 1.82) is 5.26 Å². The lowest BCUT2D eigenvalue weighted by molar-refractivity contribution is 0.381. The Bertz CT molecular complexity index is 127. The van der Waals surface area contributed by atoms with Gasteiger partial charge < -0.3 is 5.32 Å². The Balaban J connectivity index is 0. The van der Waals surface area contributed by atoms with Gasteiger partial charge in [-0.2, -0.15) is 5.26 Å². The summed E-state index contributed by atoms with van der Waals surface area (Å²) in [5.74, 6) is 0. The molecule has 0 atom stereocenters. The van der Waals surface area contributed by atoms with Crippen molar-refractivity contribution in [3.05, 3.63) is 0 Å². The van der Waals surface area contributed by atoms with Crippen LogP contribution in [-0.2, 0) is 0 Å². The van der Waals surface area contributed by atoms with Gasteiger partial charge in [0.25, 0.3) is 0 Å². The second kappa shape index (κ2) is 6.45. The van der Waals surface area contributed by atoms with E-state index in [2.05, 4.69) is 32.2 Å². The van der Waals surface area contributed by atoms with E-state index in [1.807, 2.05) is 0 Å². The highest BCUT2D eigenvalue weighted by atomic mass is 35.5. The Hall–Kier alpha value is -0.260. The summed E-state index contributed by atoms with van der Waals surface area (Å²) in [5.41, 5.74) is 0.191. The summed E-state index contributed by atoms with van der Waals surface area (Å²) in [6, 6.07) is 2.10. The van der Waals surface area contributed by atoms with Gasteiger partial charge in [0, 0.05) is 18.5 Å². The highest BCUT2D eigenvalue weighted by Gasteiger charge is 2.11. The molecule has 0 saturated heterocycles. The minimum Gasteiger partial charge on any atom is -0.311 e. The summed E-state index contributed by atoms with van der Waals surface area (Å²) in [7, 11) is 0. The average Bonchev–Trinajstić information content (AvgIpc) is 1.89. The van der Waals surface area contributed by atoms with E-state index in [0.717, 1.165) is 13.0 Å². The Labute approximate surface area is 75.4 Å². The van der Waals surface area contributed by atoms with Crippen molar-refractivity contribution in [2.75, 3.05) is 6.54 Å². The predicted octanol–water partition coefficient (Wildman–Crippen LogP) is 2.10. The fraction of sp³-hybridized carbons (Fsp3) is 0.875. The lowest BCUT2D eigenvalue weighted by Gasteiger charge is -2.23. The van der Waals surface area contributed by atoms with Crippen molar-refractivity contribution >= 4 is 12.4 Å². The third kappa shape index (κ3) is 7.64. The minimum atomic E-state index is 0. The Kier molecular flexibility index (Phi) is 7.82. The molecule has 0 saturated carbocycles. The van der Waals surface area contributed by atoms with Gasteiger partial charge in [0.2, 0.25) is 0 Å². The normalized spacial score (nSPS) is 10.0. The van der Waals surface area contributed by atoms with Crippen molar-refractivity contribution in [3.8, 4) is 6.07 Å². The molecule has 0 aromatic carbocycles. The van der Waals surface area contributed by atoms with Gasteiger partial charge in [0.05, 0.1) is 6.07 Å². The van der Waals surface area contributed by atoms with Crippen molar-refractivity contribution in [2.45, 2.75) is 39.2 Å². The zero-order valence-electron chi connectivity index (χ0n) is 7.48. The molecule has 0 aliphatic heterocycles. The van der Waals surface area contributed by atoms with Gasteiger partial charge >= 0.3 is 0 Å². The summed E-state index contributed by atoms with van der Waals surface area (Å²) in [6.07, 6.45) is 1.70. The molecule has 0 amide bonds. The minimum absolute atomic E-state index is 0. The Morgan fingerprint density at radius 3 is 2.36 bits per heavy atom. The van der Waals surface area contributed by atoms with Gasteiger partial charge in [-0.05, 0) is 20.3 Å². The van der Waals surface area contributed by atoms with E-state index >= 15 is 0 Å². The van der Waals surface area contributed by atoms with Crippen LogP contribution in [0.4, 0.5) is 0 Å². The number of hydrogen-bond donors (Lipinski definition) is 1. The number of nitriles is 1. The molecule has 0 unspecified atom stereocenters. The molecule has 0 aromatic heterocycles. The standard InChI is InChI=1S/C8H16N2.ClH/c1-4-8(2,3)10-7-5-6-9;/h10H,4-5,7H2,1-3H3;1H. The van der Waals surface area contributed by atoms with Crippen LogP contribution in [0.3, 0.4) is 0 Å². The van der Waals surface area contributed by atoms with Crippen LogP contribution in [0.25, 0.3) is 0 Å². The molecular weight excluding hydrogens is 160 g/mol. The van der Waals surface area contributed by atoms with E-state index in [4.69, 9.17) is 5.26 Å². The van der Waals surface area contributed by atoms with Crippen LogP contribution in [-0.4, -0.2) is 12.1 Å². The van der Waals surface area contributed by atoms with Crippen LogP contribution in [0, 0.1) is 11.3 Å². The third-order valence-corrected chi connectivity index (χ3v) is 1.72. The number of rotatable bonds is 4. The van der Waals surface area contributed by atoms with E-state index in [1.54, 1.807) is 0 Å². The molecule has 0 aliphatic rings. The first-order valence-electron chi connectivity index (χ1n) is 3.74. The lowest BCUT2D eigenvalue weighted by Crippen LogP contribution is -2.38. The molecule has 0 bridgehead atoms. The first-order chi connectivity index (χ1) is 4.62. The van der Waals surface area contributed by atoms with Gasteiger partial charge in [0.15, 0.2) is 0 Å². The summed E-state index contributed by atoms with van der Waals surface area (Å²) in [5, 5.41) is 11.5. The zero-order chi connectivity index (χ0) is 8.04. The highest BCUT2D eigenvalue weighted by Crippen LogP contribution is 2.05. The molecule has 2 nitrogen and oxygen atoms in total. The maximum Gasteiger partial charge on any atom is 0.0635 e. The van der Waals surface area contributed by atoms with E-state index in [1.165, 1.54) is 0 Å². The molecule has 3 heteroatoms. The van der Waals surface area contributed by atoms with Crippen LogP contribution in [0.1, 0.15) is 33.6 Å². The topological polar surface area (TPSA) is 35.8 Å². The molecule has 0 aromatic rings. The van der Waals surface area contributed by atoms with Crippen molar-refractivity contribution in [3.63, 3.8) is 0 Å². The smallest absolute Gasteiger partial charge is 0.0635 e. The molecule has 0 aliphatic carbocycles. The van der Waals surface area contributed by atoms with Gasteiger partial charge in [0.1, 0.15) is 0 Å².